The van der Waals surface area contributed by atoms with Crippen molar-refractivity contribution in [1.29, 1.82) is 0 Å². The van der Waals surface area contributed by atoms with Crippen molar-refractivity contribution in [2.45, 2.75) is 43.5 Å². The first-order valence-corrected chi connectivity index (χ1v) is 9.53. The molecule has 1 saturated heterocycles. The summed E-state index contributed by atoms with van der Waals surface area (Å²) in [5.74, 6) is -0.0847. The fraction of sp³-hybridized carbons (Fsp3) is 0.562. The number of likely N-dealkylation sites (N-methyl/N-ethyl adjacent to an activating group) is 1. The molecule has 1 aliphatic heterocycles. The Morgan fingerprint density at radius 1 is 1.39 bits per heavy atom. The zero-order valence-corrected chi connectivity index (χ0v) is 14.5. The number of unbranched alkanes of at least 4 members (excludes halogenated alkanes) is 1. The lowest BCUT2D eigenvalue weighted by Crippen LogP contribution is -2.37. The van der Waals surface area contributed by atoms with Gasteiger partial charge in [-0.3, -0.25) is 9.69 Å². The van der Waals surface area contributed by atoms with Gasteiger partial charge in [-0.15, -0.1) is 0 Å². The van der Waals surface area contributed by atoms with Crippen molar-refractivity contribution >= 4 is 21.6 Å². The number of carbonyl (C=O) groups excluding carboxylic acids is 1. The monoisotopic (exact) mass is 339 g/mol. The number of anilines is 1. The van der Waals surface area contributed by atoms with Crippen LogP contribution < -0.4 is 10.0 Å². The summed E-state index contributed by atoms with van der Waals surface area (Å²) in [6.45, 7) is 3.33. The molecule has 1 aromatic rings. The Morgan fingerprint density at radius 2 is 2.17 bits per heavy atom. The molecule has 0 aliphatic carbocycles. The van der Waals surface area contributed by atoms with Crippen LogP contribution in [0.5, 0.6) is 0 Å². The van der Waals surface area contributed by atoms with Crippen molar-refractivity contribution in [1.82, 2.24) is 9.62 Å². The Kier molecular flexibility index (Phi) is 6.15. The minimum Gasteiger partial charge on any atom is -0.325 e. The third kappa shape index (κ3) is 4.76. The number of benzene rings is 1. The van der Waals surface area contributed by atoms with Crippen molar-refractivity contribution in [3.8, 4) is 0 Å². The molecule has 7 heteroatoms. The second-order valence-electron chi connectivity index (χ2n) is 5.91. The molecule has 2 N–H and O–H groups in total. The molecule has 128 valence electrons. The van der Waals surface area contributed by atoms with Gasteiger partial charge in [-0.25, -0.2) is 13.1 Å². The molecule has 0 unspecified atom stereocenters. The number of nitrogens with one attached hydrogen (secondary N) is 2. The van der Waals surface area contributed by atoms with E-state index in [2.05, 4.69) is 10.0 Å². The van der Waals surface area contributed by atoms with Gasteiger partial charge in [0.25, 0.3) is 0 Å². The molecule has 1 fully saturated rings. The van der Waals surface area contributed by atoms with E-state index >= 15 is 0 Å². The van der Waals surface area contributed by atoms with Gasteiger partial charge in [0.15, 0.2) is 0 Å². The second kappa shape index (κ2) is 7.90. The largest absolute Gasteiger partial charge is 0.325 e. The van der Waals surface area contributed by atoms with Gasteiger partial charge < -0.3 is 5.32 Å². The summed E-state index contributed by atoms with van der Waals surface area (Å²) in [6.07, 6.45) is 3.56. The fourth-order valence-electron chi connectivity index (χ4n) is 2.67. The van der Waals surface area contributed by atoms with E-state index in [1.807, 2.05) is 18.9 Å². The number of nitrogens with zero attached hydrogens (tertiary/aromatic N) is 1. The third-order valence-electron chi connectivity index (χ3n) is 4.06. The highest BCUT2D eigenvalue weighted by molar-refractivity contribution is 7.89. The molecule has 2 rings (SSSR count). The molecule has 0 spiro atoms. The summed E-state index contributed by atoms with van der Waals surface area (Å²) in [6, 6.07) is 6.24. The van der Waals surface area contributed by atoms with Crippen LogP contribution in [-0.4, -0.2) is 45.4 Å². The molecule has 23 heavy (non-hydrogen) atoms. The van der Waals surface area contributed by atoms with Crippen molar-refractivity contribution < 1.29 is 13.2 Å². The maximum Gasteiger partial charge on any atom is 0.241 e. The number of amides is 1. The van der Waals surface area contributed by atoms with Crippen LogP contribution in [0.3, 0.4) is 0 Å². The van der Waals surface area contributed by atoms with Crippen molar-refractivity contribution in [2.75, 3.05) is 25.5 Å². The molecule has 1 aromatic carbocycles. The van der Waals surface area contributed by atoms with Gasteiger partial charge in [-0.2, -0.15) is 0 Å². The van der Waals surface area contributed by atoms with Crippen molar-refractivity contribution in [3.63, 3.8) is 0 Å². The number of hydrogen-bond donors (Lipinski definition) is 2. The molecule has 1 amide bonds. The Bertz CT molecular complexity index is 646. The van der Waals surface area contributed by atoms with E-state index < -0.39 is 10.0 Å². The van der Waals surface area contributed by atoms with Gasteiger partial charge in [0.2, 0.25) is 15.9 Å². The summed E-state index contributed by atoms with van der Waals surface area (Å²) >= 11 is 0. The smallest absolute Gasteiger partial charge is 0.241 e. The van der Waals surface area contributed by atoms with Gasteiger partial charge in [-0.1, -0.05) is 19.4 Å². The van der Waals surface area contributed by atoms with Gasteiger partial charge >= 0.3 is 0 Å². The Labute approximate surface area is 138 Å². The average Bonchev–Trinajstić information content (AvgIpc) is 2.94. The first-order chi connectivity index (χ1) is 10.9. The van der Waals surface area contributed by atoms with E-state index in [4.69, 9.17) is 0 Å². The maximum atomic E-state index is 12.3. The summed E-state index contributed by atoms with van der Waals surface area (Å²) in [7, 11) is -1.61. The predicted molar refractivity (Wildman–Crippen MR) is 90.8 cm³/mol. The van der Waals surface area contributed by atoms with Gasteiger partial charge in [0, 0.05) is 12.2 Å². The fourth-order valence-corrected chi connectivity index (χ4v) is 3.79. The van der Waals surface area contributed by atoms with E-state index in [-0.39, 0.29) is 16.8 Å². The highest BCUT2D eigenvalue weighted by atomic mass is 32.2. The molecular formula is C16H25N3O3S. The lowest BCUT2D eigenvalue weighted by molar-refractivity contribution is -0.119. The Morgan fingerprint density at radius 3 is 2.83 bits per heavy atom. The molecule has 0 bridgehead atoms. The second-order valence-corrected chi connectivity index (χ2v) is 7.67. The van der Waals surface area contributed by atoms with Gasteiger partial charge in [-0.05, 0) is 51.1 Å². The minimum atomic E-state index is -3.53. The standard InChI is InChI=1S/C16H25N3O3S/c1-3-4-10-17-23(21,22)14-8-5-7-13(12-14)18-16(20)15-9-6-11-19(15)2/h5,7-8,12,15,17H,3-4,6,9-11H2,1-2H3,(H,18,20)/t15-/m1/s1. The number of carbonyl (C=O) groups is 1. The lowest BCUT2D eigenvalue weighted by Gasteiger charge is -2.18. The van der Waals surface area contributed by atoms with Crippen LogP contribution >= 0.6 is 0 Å². The maximum absolute atomic E-state index is 12.3. The molecule has 1 atom stereocenters. The van der Waals surface area contributed by atoms with Crippen LogP contribution in [0.2, 0.25) is 0 Å². The lowest BCUT2D eigenvalue weighted by atomic mass is 10.2. The van der Waals surface area contributed by atoms with Crippen LogP contribution in [0.15, 0.2) is 29.2 Å². The zero-order chi connectivity index (χ0) is 16.9. The van der Waals surface area contributed by atoms with Crippen LogP contribution in [0.25, 0.3) is 0 Å². The highest BCUT2D eigenvalue weighted by Gasteiger charge is 2.27. The summed E-state index contributed by atoms with van der Waals surface area (Å²) in [4.78, 5) is 14.5. The molecule has 1 heterocycles. The van der Waals surface area contributed by atoms with E-state index in [0.29, 0.717) is 12.2 Å². The number of hydrogen-bond acceptors (Lipinski definition) is 4. The molecular weight excluding hydrogens is 314 g/mol. The highest BCUT2D eigenvalue weighted by Crippen LogP contribution is 2.19. The normalized spacial score (nSPS) is 19.0. The summed E-state index contributed by atoms with van der Waals surface area (Å²) in [5, 5.41) is 2.82. The zero-order valence-electron chi connectivity index (χ0n) is 13.7. The first kappa shape index (κ1) is 17.9. The van der Waals surface area contributed by atoms with E-state index in [1.165, 1.54) is 12.1 Å². The Hall–Kier alpha value is -1.44. The van der Waals surface area contributed by atoms with Crippen LogP contribution in [-0.2, 0) is 14.8 Å². The topological polar surface area (TPSA) is 78.5 Å². The number of rotatable bonds is 7. The number of likely N-dealkylation sites (tertiary alicyclic amines) is 1. The minimum absolute atomic E-state index is 0.0847. The molecule has 1 aliphatic rings. The van der Waals surface area contributed by atoms with Gasteiger partial charge in [0.1, 0.15) is 0 Å². The van der Waals surface area contributed by atoms with E-state index in [1.54, 1.807) is 12.1 Å². The van der Waals surface area contributed by atoms with Gasteiger partial charge in [0.05, 0.1) is 10.9 Å². The number of sulfonamides is 1. The van der Waals surface area contributed by atoms with Crippen molar-refractivity contribution in [3.05, 3.63) is 24.3 Å². The first-order valence-electron chi connectivity index (χ1n) is 8.05. The van der Waals surface area contributed by atoms with Crippen LogP contribution in [0.4, 0.5) is 5.69 Å². The molecule has 0 saturated carbocycles. The molecule has 6 nitrogen and oxygen atoms in total. The quantitative estimate of drug-likeness (QED) is 0.743. The molecule has 0 radical (unpaired) electrons. The summed E-state index contributed by atoms with van der Waals surface area (Å²) < 4.78 is 27.0. The van der Waals surface area contributed by atoms with Crippen LogP contribution in [0, 0.1) is 0 Å². The third-order valence-corrected chi connectivity index (χ3v) is 5.52. The van der Waals surface area contributed by atoms with Crippen molar-refractivity contribution in [2.24, 2.45) is 0 Å². The summed E-state index contributed by atoms with van der Waals surface area (Å²) in [5.41, 5.74) is 0.508. The van der Waals surface area contributed by atoms with Crippen LogP contribution in [0.1, 0.15) is 32.6 Å². The predicted octanol–water partition coefficient (Wildman–Crippen LogP) is 1.80. The molecule has 0 aromatic heterocycles. The Balaban J connectivity index is 2.06. The van der Waals surface area contributed by atoms with E-state index in [9.17, 15) is 13.2 Å². The SMILES string of the molecule is CCCCNS(=O)(=O)c1cccc(NC(=O)[C@H]2CCCN2C)c1. The average molecular weight is 339 g/mol. The van der Waals surface area contributed by atoms with E-state index in [0.717, 1.165) is 32.2 Å².